The summed E-state index contributed by atoms with van der Waals surface area (Å²) in [6.45, 7) is 1.13. The lowest BCUT2D eigenvalue weighted by atomic mass is 10.0. The summed E-state index contributed by atoms with van der Waals surface area (Å²) in [5.41, 5.74) is 1.65. The Labute approximate surface area is 160 Å². The Morgan fingerprint density at radius 2 is 1.59 bits per heavy atom. The van der Waals surface area contributed by atoms with Gasteiger partial charge in [0.2, 0.25) is 11.8 Å². The zero-order valence-corrected chi connectivity index (χ0v) is 15.8. The molecule has 0 heterocycles. The summed E-state index contributed by atoms with van der Waals surface area (Å²) in [6.07, 6.45) is -0.224. The lowest BCUT2D eigenvalue weighted by Gasteiger charge is -2.32. The third kappa shape index (κ3) is 6.51. The van der Waals surface area contributed by atoms with Crippen molar-refractivity contribution >= 4 is 17.5 Å². The molecule has 0 aliphatic rings. The van der Waals surface area contributed by atoms with E-state index < -0.39 is 0 Å². The first-order valence-corrected chi connectivity index (χ1v) is 8.96. The molecule has 0 radical (unpaired) electrons. The van der Waals surface area contributed by atoms with Crippen LogP contribution < -0.4 is 5.32 Å². The first-order valence-electron chi connectivity index (χ1n) is 8.96. The maximum absolute atomic E-state index is 12.7. The van der Waals surface area contributed by atoms with Crippen molar-refractivity contribution in [3.05, 3.63) is 66.2 Å². The van der Waals surface area contributed by atoms with Gasteiger partial charge >= 0.3 is 0 Å². The minimum Gasteiger partial charge on any atom is -0.395 e. The number of benzene rings is 2. The second-order valence-corrected chi connectivity index (χ2v) is 6.51. The highest BCUT2D eigenvalue weighted by atomic mass is 16.3. The highest BCUT2D eigenvalue weighted by Gasteiger charge is 2.24. The molecule has 1 atom stereocenters. The molecule has 0 aliphatic carbocycles. The minimum atomic E-state index is -0.339. The lowest BCUT2D eigenvalue weighted by molar-refractivity contribution is -0.135. The molecule has 0 aliphatic heterocycles. The van der Waals surface area contributed by atoms with E-state index in [1.54, 1.807) is 24.1 Å². The van der Waals surface area contributed by atoms with E-state index in [1.165, 1.54) is 0 Å². The smallest absolute Gasteiger partial charge is 0.233 e. The van der Waals surface area contributed by atoms with Gasteiger partial charge in [0.15, 0.2) is 0 Å². The van der Waals surface area contributed by atoms with Gasteiger partial charge in [-0.25, -0.2) is 0 Å². The fourth-order valence-corrected chi connectivity index (χ4v) is 2.85. The van der Waals surface area contributed by atoms with Crippen LogP contribution in [0.15, 0.2) is 60.7 Å². The minimum absolute atomic E-state index is 0.0507. The van der Waals surface area contributed by atoms with Gasteiger partial charge in [-0.2, -0.15) is 0 Å². The number of nitrogens with one attached hydrogen (secondary N) is 1. The van der Waals surface area contributed by atoms with Gasteiger partial charge in [-0.15, -0.1) is 0 Å². The van der Waals surface area contributed by atoms with E-state index in [-0.39, 0.29) is 30.9 Å². The Kier molecular flexibility index (Phi) is 7.98. The molecule has 2 amide bonds. The first-order chi connectivity index (χ1) is 13.0. The van der Waals surface area contributed by atoms with Crippen LogP contribution in [0.5, 0.6) is 0 Å². The van der Waals surface area contributed by atoms with Gasteiger partial charge in [0.25, 0.3) is 0 Å². The molecule has 1 unspecified atom stereocenters. The number of carbonyl (C=O) groups is 2. The van der Waals surface area contributed by atoms with E-state index in [0.29, 0.717) is 18.8 Å². The quantitative estimate of drug-likeness (QED) is 0.664. The van der Waals surface area contributed by atoms with Crippen molar-refractivity contribution in [1.29, 1.82) is 0 Å². The molecule has 0 bridgehead atoms. The second-order valence-electron chi connectivity index (χ2n) is 6.51. The summed E-state index contributed by atoms with van der Waals surface area (Å²) < 4.78 is 0. The summed E-state index contributed by atoms with van der Waals surface area (Å²) >= 11 is 0. The van der Waals surface area contributed by atoms with E-state index in [0.717, 1.165) is 5.56 Å². The summed E-state index contributed by atoms with van der Waals surface area (Å²) in [5.74, 6) is -0.594. The van der Waals surface area contributed by atoms with Gasteiger partial charge in [-0.3, -0.25) is 9.59 Å². The van der Waals surface area contributed by atoms with Gasteiger partial charge in [0.05, 0.1) is 12.6 Å². The Morgan fingerprint density at radius 3 is 2.19 bits per heavy atom. The molecule has 144 valence electrons. The van der Waals surface area contributed by atoms with Gasteiger partial charge in [0, 0.05) is 25.8 Å². The van der Waals surface area contributed by atoms with Crippen LogP contribution in [0.1, 0.15) is 18.0 Å². The van der Waals surface area contributed by atoms with Crippen molar-refractivity contribution in [3.63, 3.8) is 0 Å². The highest BCUT2D eigenvalue weighted by Crippen LogP contribution is 2.21. The third-order valence-corrected chi connectivity index (χ3v) is 4.38. The highest BCUT2D eigenvalue weighted by molar-refractivity contribution is 6.03. The molecule has 0 fully saturated rings. The number of likely N-dealkylation sites (N-methyl/N-ethyl adjacent to an activating group) is 2. The first kappa shape index (κ1) is 20.6. The number of nitrogens with zero attached hydrogens (tertiary/aromatic N) is 2. The second kappa shape index (κ2) is 10.4. The van der Waals surface area contributed by atoms with Gasteiger partial charge in [-0.1, -0.05) is 48.5 Å². The largest absolute Gasteiger partial charge is 0.395 e. The third-order valence-electron chi connectivity index (χ3n) is 4.38. The van der Waals surface area contributed by atoms with E-state index >= 15 is 0 Å². The molecule has 27 heavy (non-hydrogen) atoms. The van der Waals surface area contributed by atoms with Crippen LogP contribution in [0.3, 0.4) is 0 Å². The number of aliphatic hydroxyl groups is 1. The molecule has 2 aromatic rings. The van der Waals surface area contributed by atoms with E-state index in [1.807, 2.05) is 60.5 Å². The number of aliphatic hydroxyl groups excluding tert-OH is 1. The Balaban J connectivity index is 2.05. The number of hydrogen-bond donors (Lipinski definition) is 2. The lowest BCUT2D eigenvalue weighted by Crippen LogP contribution is -2.40. The number of hydrogen-bond acceptors (Lipinski definition) is 4. The normalized spacial score (nSPS) is 11.9. The van der Waals surface area contributed by atoms with E-state index in [2.05, 4.69) is 5.32 Å². The molecule has 0 spiro atoms. The summed E-state index contributed by atoms with van der Waals surface area (Å²) in [7, 11) is 3.61. The molecule has 6 heteroatoms. The van der Waals surface area contributed by atoms with Crippen LogP contribution in [0.2, 0.25) is 0 Å². The zero-order chi connectivity index (χ0) is 19.6. The van der Waals surface area contributed by atoms with Crippen LogP contribution in [0, 0.1) is 0 Å². The molecule has 2 N–H and O–H groups in total. The number of carbonyl (C=O) groups excluding carboxylic acids is 2. The predicted octanol–water partition coefficient (Wildman–Crippen LogP) is 2.14. The summed E-state index contributed by atoms with van der Waals surface area (Å²) in [6, 6.07) is 18.6. The van der Waals surface area contributed by atoms with Gasteiger partial charge in [-0.05, 0) is 24.7 Å². The van der Waals surface area contributed by atoms with E-state index in [9.17, 15) is 9.59 Å². The molecule has 0 saturated heterocycles. The number of anilines is 1. The average Bonchev–Trinajstić information content (AvgIpc) is 2.67. The maximum Gasteiger partial charge on any atom is 0.233 e. The Bertz CT molecular complexity index is 722. The molecule has 2 rings (SSSR count). The fourth-order valence-electron chi connectivity index (χ4n) is 2.85. The average molecular weight is 369 g/mol. The molecular weight excluding hydrogens is 342 g/mol. The molecular formula is C21H27N3O3. The Morgan fingerprint density at radius 1 is 1.00 bits per heavy atom. The predicted molar refractivity (Wildman–Crippen MR) is 106 cm³/mol. The van der Waals surface area contributed by atoms with Crippen molar-refractivity contribution in [3.8, 4) is 0 Å². The summed E-state index contributed by atoms with van der Waals surface area (Å²) in [5, 5.41) is 11.9. The van der Waals surface area contributed by atoms with Crippen molar-refractivity contribution in [2.45, 2.75) is 12.5 Å². The van der Waals surface area contributed by atoms with Gasteiger partial charge < -0.3 is 20.2 Å². The van der Waals surface area contributed by atoms with Crippen LogP contribution in [-0.4, -0.2) is 60.5 Å². The number of amides is 2. The Hall–Kier alpha value is -2.70. The van der Waals surface area contributed by atoms with E-state index in [4.69, 9.17) is 5.11 Å². The van der Waals surface area contributed by atoms with Crippen LogP contribution in [0.4, 0.5) is 5.69 Å². The standard InChI is InChI=1S/C21H27N3O3/c1-23(13-14-25)16-19(17-9-5-3-6-10-17)24(2)21(27)15-20(26)22-18-11-7-4-8-12-18/h3-12,19,25H,13-16H2,1-2H3,(H,22,26). The molecule has 0 saturated carbocycles. The van der Waals surface area contributed by atoms with Crippen molar-refractivity contribution in [1.82, 2.24) is 9.80 Å². The van der Waals surface area contributed by atoms with Crippen molar-refractivity contribution in [2.24, 2.45) is 0 Å². The van der Waals surface area contributed by atoms with Gasteiger partial charge in [0.1, 0.15) is 6.42 Å². The number of para-hydroxylation sites is 1. The molecule has 6 nitrogen and oxygen atoms in total. The van der Waals surface area contributed by atoms with Crippen LogP contribution >= 0.6 is 0 Å². The SMILES string of the molecule is CN(CCO)CC(c1ccccc1)N(C)C(=O)CC(=O)Nc1ccccc1. The molecule has 2 aromatic carbocycles. The van der Waals surface area contributed by atoms with Crippen molar-refractivity contribution in [2.75, 3.05) is 39.1 Å². The monoisotopic (exact) mass is 369 g/mol. The maximum atomic E-state index is 12.7. The zero-order valence-electron chi connectivity index (χ0n) is 15.8. The number of rotatable bonds is 9. The molecule has 0 aromatic heterocycles. The summed E-state index contributed by atoms with van der Waals surface area (Å²) in [4.78, 5) is 28.5. The van der Waals surface area contributed by atoms with Crippen LogP contribution in [0.25, 0.3) is 0 Å². The van der Waals surface area contributed by atoms with Crippen molar-refractivity contribution < 1.29 is 14.7 Å². The topological polar surface area (TPSA) is 72.9 Å². The fraction of sp³-hybridized carbons (Fsp3) is 0.333. The van der Waals surface area contributed by atoms with Crippen LogP contribution in [-0.2, 0) is 9.59 Å².